The van der Waals surface area contributed by atoms with Crippen molar-refractivity contribution in [1.82, 2.24) is 9.73 Å². The number of amides is 2. The second-order valence-corrected chi connectivity index (χ2v) is 13.3. The number of hydrogen-bond acceptors (Lipinski definition) is 6. The molecule has 1 aliphatic rings. The summed E-state index contributed by atoms with van der Waals surface area (Å²) in [5.74, 6) is -0.411. The Kier molecular flexibility index (Phi) is 10.7. The second kappa shape index (κ2) is 14.1. The minimum absolute atomic E-state index is 0.0498. The van der Waals surface area contributed by atoms with Crippen molar-refractivity contribution in [3.8, 4) is 5.75 Å². The Morgan fingerprint density at radius 1 is 0.977 bits per heavy atom. The largest absolute Gasteiger partial charge is 0.481 e. The molecule has 0 saturated carbocycles. The number of carbonyl (C=O) groups is 2. The van der Waals surface area contributed by atoms with Gasteiger partial charge in [-0.1, -0.05) is 46.9 Å². The van der Waals surface area contributed by atoms with E-state index < -0.39 is 22.0 Å². The average molecular weight is 666 g/mol. The molecule has 3 aromatic rings. The molecule has 1 unspecified atom stereocenters. The summed E-state index contributed by atoms with van der Waals surface area (Å²) < 4.78 is 33.2. The van der Waals surface area contributed by atoms with E-state index in [4.69, 9.17) is 39.5 Å². The fraction of sp³-hybridized carbons (Fsp3) is 0.300. The van der Waals surface area contributed by atoms with Crippen LogP contribution in [0.2, 0.25) is 15.1 Å². The number of nitrogens with one attached hydrogen (secondary N) is 2. The van der Waals surface area contributed by atoms with Crippen LogP contribution in [0.3, 0.4) is 0 Å². The van der Waals surface area contributed by atoms with Gasteiger partial charge in [-0.05, 0) is 93.3 Å². The fourth-order valence-electron chi connectivity index (χ4n) is 4.49. The van der Waals surface area contributed by atoms with E-state index in [0.29, 0.717) is 35.0 Å². The van der Waals surface area contributed by atoms with Gasteiger partial charge in [0.2, 0.25) is 15.9 Å². The van der Waals surface area contributed by atoms with Crippen LogP contribution >= 0.6 is 34.8 Å². The van der Waals surface area contributed by atoms with Crippen molar-refractivity contribution in [2.75, 3.05) is 18.4 Å². The van der Waals surface area contributed by atoms with Crippen LogP contribution in [0.1, 0.15) is 37.8 Å². The van der Waals surface area contributed by atoms with Crippen molar-refractivity contribution in [2.45, 2.75) is 44.6 Å². The van der Waals surface area contributed by atoms with Crippen LogP contribution < -0.4 is 15.5 Å². The van der Waals surface area contributed by atoms with Crippen LogP contribution in [0, 0.1) is 12.8 Å². The number of anilines is 1. The molecule has 1 saturated heterocycles. The number of piperidine rings is 1. The van der Waals surface area contributed by atoms with Crippen LogP contribution in [-0.2, 0) is 19.6 Å². The average Bonchev–Trinajstić information content (AvgIpc) is 2.98. The summed E-state index contributed by atoms with van der Waals surface area (Å²) in [5.41, 5.74) is 5.32. The fourth-order valence-corrected chi connectivity index (χ4v) is 6.93. The monoisotopic (exact) mass is 664 g/mol. The molecular weight excluding hydrogens is 635 g/mol. The third-order valence-electron chi connectivity index (χ3n) is 7.05. The molecular formula is C30H31Cl3N4O5S. The van der Waals surface area contributed by atoms with Gasteiger partial charge in [0, 0.05) is 34.7 Å². The summed E-state index contributed by atoms with van der Waals surface area (Å²) in [5, 5.41) is 8.01. The Bertz CT molecular complexity index is 1640. The molecule has 43 heavy (non-hydrogen) atoms. The SMILES string of the molecule is CC(=NNC(=O)C1CCN(S(=O)(=O)c2cc(Cl)ccc2Cl)CC1)c1ccc(NC(=O)C(C)Oc2ccc(Cl)cc2C)cc1. The summed E-state index contributed by atoms with van der Waals surface area (Å²) in [6, 6.07) is 16.5. The topological polar surface area (TPSA) is 117 Å². The lowest BCUT2D eigenvalue weighted by molar-refractivity contribution is -0.126. The predicted octanol–water partition coefficient (Wildman–Crippen LogP) is 6.30. The van der Waals surface area contributed by atoms with Gasteiger partial charge in [0.15, 0.2) is 6.10 Å². The molecule has 1 aliphatic heterocycles. The molecule has 2 N–H and O–H groups in total. The van der Waals surface area contributed by atoms with Crippen molar-refractivity contribution >= 4 is 68.0 Å². The standard InChI is InChI=1S/C30H31Cl3N4O5S/c1-18-16-23(31)7-11-27(18)42-20(3)29(38)34-25-8-4-21(5-9-25)19(2)35-36-30(39)22-12-14-37(15-13-22)43(40,41)28-17-24(32)6-10-26(28)33/h4-11,16-17,20,22H,12-15H2,1-3H3,(H,34,38)(H,36,39). The molecule has 0 radical (unpaired) electrons. The van der Waals surface area contributed by atoms with Crippen LogP contribution in [0.15, 0.2) is 70.7 Å². The van der Waals surface area contributed by atoms with Crippen molar-refractivity contribution in [3.63, 3.8) is 0 Å². The summed E-state index contributed by atoms with van der Waals surface area (Å²) in [6.45, 7) is 5.61. The zero-order chi connectivity index (χ0) is 31.3. The number of hydrazone groups is 1. The van der Waals surface area contributed by atoms with Gasteiger partial charge in [-0.2, -0.15) is 9.41 Å². The molecule has 228 valence electrons. The first-order valence-corrected chi connectivity index (χ1v) is 16.1. The number of benzene rings is 3. The van der Waals surface area contributed by atoms with Crippen LogP contribution in [-0.4, -0.2) is 49.4 Å². The number of aryl methyl sites for hydroxylation is 1. The Morgan fingerprint density at radius 3 is 2.26 bits per heavy atom. The quantitative estimate of drug-likeness (QED) is 0.206. The van der Waals surface area contributed by atoms with Crippen molar-refractivity contribution in [3.05, 3.63) is 86.9 Å². The number of sulfonamides is 1. The molecule has 3 aromatic carbocycles. The first-order valence-electron chi connectivity index (χ1n) is 13.5. The molecule has 2 amide bonds. The van der Waals surface area contributed by atoms with E-state index in [1.807, 2.05) is 6.92 Å². The third kappa shape index (κ3) is 8.27. The molecule has 0 aliphatic carbocycles. The highest BCUT2D eigenvalue weighted by Crippen LogP contribution is 2.30. The minimum atomic E-state index is -3.84. The lowest BCUT2D eigenvalue weighted by Crippen LogP contribution is -2.42. The predicted molar refractivity (Wildman–Crippen MR) is 170 cm³/mol. The van der Waals surface area contributed by atoms with E-state index in [-0.39, 0.29) is 39.8 Å². The number of hydrogen-bond donors (Lipinski definition) is 2. The summed E-state index contributed by atoms with van der Waals surface area (Å²) >= 11 is 18.1. The summed E-state index contributed by atoms with van der Waals surface area (Å²) in [6.07, 6.45) is -0.0580. The maximum Gasteiger partial charge on any atom is 0.265 e. The zero-order valence-corrected chi connectivity index (χ0v) is 26.8. The van der Waals surface area contributed by atoms with E-state index >= 15 is 0 Å². The van der Waals surface area contributed by atoms with Crippen molar-refractivity contribution < 1.29 is 22.7 Å². The molecule has 1 atom stereocenters. The maximum absolute atomic E-state index is 13.0. The Balaban J connectivity index is 1.28. The summed E-state index contributed by atoms with van der Waals surface area (Å²) in [7, 11) is -3.84. The van der Waals surface area contributed by atoms with Crippen molar-refractivity contribution in [1.29, 1.82) is 0 Å². The van der Waals surface area contributed by atoms with E-state index in [1.54, 1.807) is 56.3 Å². The number of ether oxygens (including phenoxy) is 1. The van der Waals surface area contributed by atoms with Gasteiger partial charge >= 0.3 is 0 Å². The number of halogens is 3. The van der Waals surface area contributed by atoms with Gasteiger partial charge in [-0.15, -0.1) is 0 Å². The minimum Gasteiger partial charge on any atom is -0.481 e. The van der Waals surface area contributed by atoms with E-state index in [9.17, 15) is 18.0 Å². The first kappa shape index (κ1) is 32.8. The van der Waals surface area contributed by atoms with Gasteiger partial charge < -0.3 is 10.1 Å². The van der Waals surface area contributed by atoms with E-state index in [0.717, 1.165) is 11.1 Å². The molecule has 0 aromatic heterocycles. The van der Waals surface area contributed by atoms with E-state index in [1.165, 1.54) is 22.5 Å². The Morgan fingerprint density at radius 2 is 1.60 bits per heavy atom. The summed E-state index contributed by atoms with van der Waals surface area (Å²) in [4.78, 5) is 25.4. The molecule has 13 heteroatoms. The van der Waals surface area contributed by atoms with Crippen LogP contribution in [0.4, 0.5) is 5.69 Å². The Labute approximate surface area is 266 Å². The first-order chi connectivity index (χ1) is 20.3. The Hall–Kier alpha value is -3.15. The van der Waals surface area contributed by atoms with Gasteiger partial charge in [0.1, 0.15) is 10.6 Å². The van der Waals surface area contributed by atoms with Gasteiger partial charge in [-0.3, -0.25) is 9.59 Å². The number of carbonyl (C=O) groups excluding carboxylic acids is 2. The van der Waals surface area contributed by atoms with Crippen LogP contribution in [0.25, 0.3) is 0 Å². The smallest absolute Gasteiger partial charge is 0.265 e. The van der Waals surface area contributed by atoms with Gasteiger partial charge in [-0.25, -0.2) is 13.8 Å². The molecule has 0 spiro atoms. The zero-order valence-electron chi connectivity index (χ0n) is 23.7. The maximum atomic E-state index is 13.0. The molecule has 1 fully saturated rings. The molecule has 1 heterocycles. The number of rotatable bonds is 9. The highest BCUT2D eigenvalue weighted by molar-refractivity contribution is 7.89. The third-order valence-corrected chi connectivity index (χ3v) is 9.90. The van der Waals surface area contributed by atoms with Gasteiger partial charge in [0.25, 0.3) is 5.91 Å². The molecule has 9 nitrogen and oxygen atoms in total. The van der Waals surface area contributed by atoms with E-state index in [2.05, 4.69) is 15.8 Å². The lowest BCUT2D eigenvalue weighted by Gasteiger charge is -2.30. The van der Waals surface area contributed by atoms with Gasteiger partial charge in [0.05, 0.1) is 10.7 Å². The molecule has 4 rings (SSSR count). The lowest BCUT2D eigenvalue weighted by atomic mass is 9.98. The molecule has 0 bridgehead atoms. The van der Waals surface area contributed by atoms with Crippen molar-refractivity contribution in [2.24, 2.45) is 11.0 Å². The number of nitrogens with zero attached hydrogens (tertiary/aromatic N) is 2. The second-order valence-electron chi connectivity index (χ2n) is 10.2. The highest BCUT2D eigenvalue weighted by Gasteiger charge is 2.33. The normalized spacial score (nSPS) is 15.5. The highest BCUT2D eigenvalue weighted by atomic mass is 35.5. The van der Waals surface area contributed by atoms with Crippen LogP contribution in [0.5, 0.6) is 5.75 Å².